The average Bonchev–Trinajstić information content (AvgIpc) is 3.41. The van der Waals surface area contributed by atoms with Crippen molar-refractivity contribution >= 4 is 17.7 Å². The van der Waals surface area contributed by atoms with Crippen LogP contribution in [0.3, 0.4) is 0 Å². The van der Waals surface area contributed by atoms with E-state index in [0.29, 0.717) is 31.3 Å². The molecule has 4 heterocycles. The van der Waals surface area contributed by atoms with E-state index < -0.39 is 0 Å². The van der Waals surface area contributed by atoms with Crippen LogP contribution in [0, 0.1) is 0 Å². The summed E-state index contributed by atoms with van der Waals surface area (Å²) in [4.78, 5) is 31.7. The molecule has 4 aliphatic rings. The Morgan fingerprint density at radius 3 is 2.18 bits per heavy atom. The van der Waals surface area contributed by atoms with E-state index >= 15 is 0 Å². The van der Waals surface area contributed by atoms with Crippen LogP contribution in [0.4, 0.5) is 10.5 Å². The maximum absolute atomic E-state index is 12.7. The molecule has 7 nitrogen and oxygen atoms in total. The normalized spacial score (nSPS) is 28.5. The summed E-state index contributed by atoms with van der Waals surface area (Å²) in [5, 5.41) is 0. The molecule has 0 radical (unpaired) electrons. The quantitative estimate of drug-likeness (QED) is 0.625. The molecule has 1 aromatic rings. The zero-order valence-electron chi connectivity index (χ0n) is 20.7. The van der Waals surface area contributed by atoms with Gasteiger partial charge in [0.05, 0.1) is 6.61 Å². The highest BCUT2D eigenvalue weighted by Crippen LogP contribution is 2.47. The van der Waals surface area contributed by atoms with E-state index in [1.54, 1.807) is 14.0 Å². The molecule has 4 aliphatic heterocycles. The minimum atomic E-state index is -0.155. The number of piperidine rings is 1. The summed E-state index contributed by atoms with van der Waals surface area (Å²) in [7, 11) is 1.63. The molecule has 1 aromatic carbocycles. The number of nitrogens with zero attached hydrogens (tertiary/aromatic N) is 3. The third-order valence-electron chi connectivity index (χ3n) is 8.89. The molecule has 186 valence electrons. The van der Waals surface area contributed by atoms with E-state index in [9.17, 15) is 9.59 Å². The Kier molecular flexibility index (Phi) is 6.85. The second-order valence-corrected chi connectivity index (χ2v) is 10.6. The Morgan fingerprint density at radius 1 is 0.941 bits per heavy atom. The van der Waals surface area contributed by atoms with Crippen molar-refractivity contribution in [1.29, 1.82) is 0 Å². The number of fused-ring (bicyclic) bond motifs is 4. The molecular weight excluding hydrogens is 430 g/mol. The van der Waals surface area contributed by atoms with E-state index in [4.69, 9.17) is 9.47 Å². The van der Waals surface area contributed by atoms with Gasteiger partial charge in [-0.05, 0) is 76.1 Å². The van der Waals surface area contributed by atoms with Crippen molar-refractivity contribution in [3.05, 3.63) is 29.8 Å². The van der Waals surface area contributed by atoms with Gasteiger partial charge in [-0.3, -0.25) is 4.79 Å². The number of methoxy groups -OCH3 is 1. The molecule has 0 aromatic heterocycles. The molecule has 5 rings (SSSR count). The maximum atomic E-state index is 12.7. The van der Waals surface area contributed by atoms with Crippen LogP contribution in [0.15, 0.2) is 24.3 Å². The van der Waals surface area contributed by atoms with Gasteiger partial charge in [-0.15, -0.1) is 0 Å². The standard InChI is InChI=1S/C27H39N3O4/c1-20(31)29-19-27(24-5-3-4-6-25(24)29)13-15-28(16-14-27)21-7-9-22-11-12-23(10-8-21)30(22)26(32)34-18-17-33-2/h3-6,21-23H,7-19H2,1-2H3. The van der Waals surface area contributed by atoms with Crippen LogP contribution in [0.1, 0.15) is 63.9 Å². The molecule has 0 N–H and O–H groups in total. The van der Waals surface area contributed by atoms with E-state index in [0.717, 1.165) is 76.7 Å². The first kappa shape index (κ1) is 23.6. The smallest absolute Gasteiger partial charge is 0.410 e. The van der Waals surface area contributed by atoms with Crippen LogP contribution >= 0.6 is 0 Å². The van der Waals surface area contributed by atoms with E-state index in [2.05, 4.69) is 23.1 Å². The minimum Gasteiger partial charge on any atom is -0.447 e. The van der Waals surface area contributed by atoms with E-state index in [1.807, 2.05) is 15.9 Å². The number of ether oxygens (including phenoxy) is 2. The van der Waals surface area contributed by atoms with Gasteiger partial charge in [-0.2, -0.15) is 0 Å². The van der Waals surface area contributed by atoms with Gasteiger partial charge in [0, 0.05) is 49.8 Å². The van der Waals surface area contributed by atoms with Gasteiger partial charge in [-0.25, -0.2) is 4.79 Å². The van der Waals surface area contributed by atoms with Crippen molar-refractivity contribution in [3.8, 4) is 0 Å². The number of amides is 2. The van der Waals surface area contributed by atoms with Crippen LogP contribution in [-0.4, -0.2) is 79.9 Å². The summed E-state index contributed by atoms with van der Waals surface area (Å²) >= 11 is 0. The summed E-state index contributed by atoms with van der Waals surface area (Å²) in [6.45, 7) is 5.45. The molecule has 2 unspecified atom stereocenters. The Hall–Kier alpha value is -2.12. The molecule has 2 atom stereocenters. The number of hydrogen-bond acceptors (Lipinski definition) is 5. The molecule has 7 heteroatoms. The van der Waals surface area contributed by atoms with Crippen molar-refractivity contribution in [1.82, 2.24) is 9.80 Å². The van der Waals surface area contributed by atoms with E-state index in [-0.39, 0.29) is 17.4 Å². The maximum Gasteiger partial charge on any atom is 0.410 e. The zero-order chi connectivity index (χ0) is 23.7. The molecule has 0 aliphatic carbocycles. The summed E-state index contributed by atoms with van der Waals surface area (Å²) < 4.78 is 10.5. The number of para-hydroxylation sites is 1. The highest BCUT2D eigenvalue weighted by Gasteiger charge is 2.47. The molecule has 3 fully saturated rings. The van der Waals surface area contributed by atoms with Crippen molar-refractivity contribution in [2.45, 2.75) is 81.8 Å². The van der Waals surface area contributed by atoms with Gasteiger partial charge in [-0.1, -0.05) is 18.2 Å². The summed E-state index contributed by atoms with van der Waals surface area (Å²) in [6, 6.07) is 9.72. The first-order chi connectivity index (χ1) is 16.5. The number of carbonyl (C=O) groups is 2. The molecule has 1 spiro atoms. The molecule has 34 heavy (non-hydrogen) atoms. The first-order valence-electron chi connectivity index (χ1n) is 13.1. The minimum absolute atomic E-state index is 0.0994. The number of anilines is 1. The zero-order valence-corrected chi connectivity index (χ0v) is 20.7. The van der Waals surface area contributed by atoms with Crippen LogP contribution in [0.5, 0.6) is 0 Å². The van der Waals surface area contributed by atoms with Crippen molar-refractivity contribution in [3.63, 3.8) is 0 Å². The monoisotopic (exact) mass is 469 g/mol. The SMILES string of the molecule is COCCOC(=O)N1C2CCC(N3CCC4(CC3)CN(C(C)=O)c3ccccc34)CCC1CC2. The summed E-state index contributed by atoms with van der Waals surface area (Å²) in [6.07, 6.45) is 8.65. The second-order valence-electron chi connectivity index (χ2n) is 10.6. The Balaban J connectivity index is 1.20. The Bertz CT molecular complexity index is 882. The Morgan fingerprint density at radius 2 is 1.56 bits per heavy atom. The number of hydrogen-bond donors (Lipinski definition) is 0. The molecule has 2 bridgehead atoms. The summed E-state index contributed by atoms with van der Waals surface area (Å²) in [5.74, 6) is 0.146. The van der Waals surface area contributed by atoms with Gasteiger partial charge in [0.1, 0.15) is 6.61 Å². The molecule has 3 saturated heterocycles. The number of benzene rings is 1. The van der Waals surface area contributed by atoms with Crippen molar-refractivity contribution in [2.75, 3.05) is 44.9 Å². The van der Waals surface area contributed by atoms with Crippen molar-refractivity contribution in [2.24, 2.45) is 0 Å². The topological polar surface area (TPSA) is 62.3 Å². The van der Waals surface area contributed by atoms with Gasteiger partial charge in [0.2, 0.25) is 5.91 Å². The molecule has 0 saturated carbocycles. The largest absolute Gasteiger partial charge is 0.447 e. The lowest BCUT2D eigenvalue weighted by molar-refractivity contribution is -0.116. The predicted molar refractivity (Wildman–Crippen MR) is 131 cm³/mol. The van der Waals surface area contributed by atoms with Gasteiger partial charge in [0.25, 0.3) is 0 Å². The van der Waals surface area contributed by atoms with Gasteiger partial charge < -0.3 is 24.2 Å². The average molecular weight is 470 g/mol. The number of rotatable bonds is 4. The van der Waals surface area contributed by atoms with E-state index in [1.165, 1.54) is 5.56 Å². The number of carbonyl (C=O) groups excluding carboxylic acids is 2. The Labute approximate surface area is 203 Å². The van der Waals surface area contributed by atoms with Crippen LogP contribution < -0.4 is 4.90 Å². The molecule has 2 amide bonds. The van der Waals surface area contributed by atoms with Crippen LogP contribution in [0.2, 0.25) is 0 Å². The second kappa shape index (κ2) is 9.86. The lowest BCUT2D eigenvalue weighted by Gasteiger charge is -2.44. The third kappa shape index (κ3) is 4.33. The molecular formula is C27H39N3O4. The highest BCUT2D eigenvalue weighted by molar-refractivity contribution is 5.94. The van der Waals surface area contributed by atoms with Crippen molar-refractivity contribution < 1.29 is 19.1 Å². The lowest BCUT2D eigenvalue weighted by atomic mass is 9.74. The third-order valence-corrected chi connectivity index (χ3v) is 8.89. The van der Waals surface area contributed by atoms with Gasteiger partial charge in [0.15, 0.2) is 0 Å². The highest BCUT2D eigenvalue weighted by atomic mass is 16.6. The van der Waals surface area contributed by atoms with Crippen LogP contribution in [0.25, 0.3) is 0 Å². The van der Waals surface area contributed by atoms with Gasteiger partial charge >= 0.3 is 6.09 Å². The fourth-order valence-corrected chi connectivity index (χ4v) is 7.05. The fourth-order valence-electron chi connectivity index (χ4n) is 7.05. The lowest BCUT2D eigenvalue weighted by Crippen LogP contribution is -2.51. The summed E-state index contributed by atoms with van der Waals surface area (Å²) in [5.41, 5.74) is 2.58. The first-order valence-corrected chi connectivity index (χ1v) is 13.1. The van der Waals surface area contributed by atoms with Crippen LogP contribution in [-0.2, 0) is 19.7 Å². The predicted octanol–water partition coefficient (Wildman–Crippen LogP) is 3.95. The number of likely N-dealkylation sites (tertiary alicyclic amines) is 1. The fraction of sp³-hybridized carbons (Fsp3) is 0.704.